The molecule has 0 heterocycles. The fourth-order valence-electron chi connectivity index (χ4n) is 0.974. The van der Waals surface area contributed by atoms with Crippen LogP contribution in [0.3, 0.4) is 0 Å². The predicted molar refractivity (Wildman–Crippen MR) is 57.1 cm³/mol. The average Bonchev–Trinajstić information content (AvgIpc) is 1.97. The molecule has 1 amide bonds. The number of rotatable bonds is 4. The summed E-state index contributed by atoms with van der Waals surface area (Å²) in [4.78, 5) is 13.0. The molecule has 4 nitrogen and oxygen atoms in total. The third-order valence-corrected chi connectivity index (χ3v) is 1.73. The van der Waals surface area contributed by atoms with Gasteiger partial charge in [0.15, 0.2) is 0 Å². The fraction of sp³-hybridized carbons (Fsp3) is 0.900. The number of likely N-dealkylation sites (N-methyl/N-ethyl adjacent to an activating group) is 1. The van der Waals surface area contributed by atoms with Crippen molar-refractivity contribution in [3.05, 3.63) is 0 Å². The summed E-state index contributed by atoms with van der Waals surface area (Å²) < 4.78 is 0. The van der Waals surface area contributed by atoms with Crippen molar-refractivity contribution in [3.63, 3.8) is 0 Å². The molecule has 0 saturated heterocycles. The minimum absolute atomic E-state index is 0.000764. The Bertz CT molecular complexity index is 185. The van der Waals surface area contributed by atoms with Crippen molar-refractivity contribution in [1.29, 1.82) is 0 Å². The second-order valence-corrected chi connectivity index (χ2v) is 4.73. The molecule has 0 fully saturated rings. The van der Waals surface area contributed by atoms with Crippen molar-refractivity contribution < 1.29 is 9.90 Å². The summed E-state index contributed by atoms with van der Waals surface area (Å²) in [5.41, 5.74) is -0.0542. The SMILES string of the molecule is CC(O)CN(C)C(=O)CNC(C)(C)C. The van der Waals surface area contributed by atoms with E-state index in [1.807, 2.05) is 20.8 Å². The number of aliphatic hydroxyl groups is 1. The lowest BCUT2D eigenvalue weighted by molar-refractivity contribution is -0.130. The highest BCUT2D eigenvalue weighted by Crippen LogP contribution is 1.98. The first-order chi connectivity index (χ1) is 6.22. The molecule has 0 rings (SSSR count). The maximum absolute atomic E-state index is 11.5. The summed E-state index contributed by atoms with van der Waals surface area (Å²) in [7, 11) is 1.69. The van der Waals surface area contributed by atoms with Gasteiger partial charge >= 0.3 is 0 Å². The second-order valence-electron chi connectivity index (χ2n) is 4.73. The number of nitrogens with one attached hydrogen (secondary N) is 1. The first kappa shape index (κ1) is 13.4. The molecule has 0 spiro atoms. The van der Waals surface area contributed by atoms with Crippen LogP contribution in [-0.2, 0) is 4.79 Å². The van der Waals surface area contributed by atoms with E-state index < -0.39 is 6.10 Å². The van der Waals surface area contributed by atoms with Crippen LogP contribution in [0.25, 0.3) is 0 Å². The van der Waals surface area contributed by atoms with Crippen LogP contribution < -0.4 is 5.32 Å². The Morgan fingerprint density at radius 1 is 1.50 bits per heavy atom. The number of nitrogens with zero attached hydrogens (tertiary/aromatic N) is 1. The summed E-state index contributed by atoms with van der Waals surface area (Å²) in [6.07, 6.45) is -0.474. The highest BCUT2D eigenvalue weighted by Gasteiger charge is 2.14. The second kappa shape index (κ2) is 5.32. The van der Waals surface area contributed by atoms with Crippen LogP contribution in [0.1, 0.15) is 27.7 Å². The maximum atomic E-state index is 11.5. The van der Waals surface area contributed by atoms with E-state index in [0.717, 1.165) is 0 Å². The van der Waals surface area contributed by atoms with Crippen molar-refractivity contribution in [2.75, 3.05) is 20.1 Å². The van der Waals surface area contributed by atoms with E-state index in [1.165, 1.54) is 4.90 Å². The van der Waals surface area contributed by atoms with Gasteiger partial charge in [0.05, 0.1) is 12.6 Å². The molecule has 1 atom stereocenters. The van der Waals surface area contributed by atoms with Crippen LogP contribution in [0.5, 0.6) is 0 Å². The topological polar surface area (TPSA) is 52.6 Å². The molecule has 0 aliphatic heterocycles. The molecule has 0 aromatic rings. The van der Waals surface area contributed by atoms with E-state index in [-0.39, 0.29) is 11.4 Å². The number of amides is 1. The quantitative estimate of drug-likeness (QED) is 0.685. The molecule has 14 heavy (non-hydrogen) atoms. The van der Waals surface area contributed by atoms with E-state index in [1.54, 1.807) is 14.0 Å². The van der Waals surface area contributed by atoms with Crippen LogP contribution in [0.2, 0.25) is 0 Å². The van der Waals surface area contributed by atoms with Crippen LogP contribution in [0.4, 0.5) is 0 Å². The predicted octanol–water partition coefficient (Wildman–Crippen LogP) is 0.214. The number of aliphatic hydroxyl groups excluding tert-OH is 1. The molecule has 0 aliphatic rings. The Balaban J connectivity index is 3.85. The number of carbonyl (C=O) groups is 1. The normalized spacial score (nSPS) is 13.9. The smallest absolute Gasteiger partial charge is 0.236 e. The average molecular weight is 202 g/mol. The zero-order chi connectivity index (χ0) is 11.4. The van der Waals surface area contributed by atoms with Gasteiger partial charge in [0.2, 0.25) is 5.91 Å². The van der Waals surface area contributed by atoms with Gasteiger partial charge in [-0.25, -0.2) is 0 Å². The Morgan fingerprint density at radius 2 is 2.00 bits per heavy atom. The van der Waals surface area contributed by atoms with Gasteiger partial charge in [-0.1, -0.05) is 0 Å². The van der Waals surface area contributed by atoms with Crippen LogP contribution in [0.15, 0.2) is 0 Å². The molecule has 0 bridgehead atoms. The largest absolute Gasteiger partial charge is 0.392 e. The van der Waals surface area contributed by atoms with E-state index in [4.69, 9.17) is 5.11 Å². The Hall–Kier alpha value is -0.610. The molecule has 0 aromatic heterocycles. The Kier molecular flexibility index (Phi) is 5.08. The van der Waals surface area contributed by atoms with Gasteiger partial charge < -0.3 is 15.3 Å². The van der Waals surface area contributed by atoms with Crippen molar-refractivity contribution >= 4 is 5.91 Å². The summed E-state index contributed by atoms with van der Waals surface area (Å²) in [5.74, 6) is 0.000764. The molecule has 0 aromatic carbocycles. The zero-order valence-electron chi connectivity index (χ0n) is 9.79. The van der Waals surface area contributed by atoms with Gasteiger partial charge in [-0.2, -0.15) is 0 Å². The lowest BCUT2D eigenvalue weighted by atomic mass is 10.1. The number of hydrogen-bond donors (Lipinski definition) is 2. The lowest BCUT2D eigenvalue weighted by Gasteiger charge is -2.24. The molecule has 0 radical (unpaired) electrons. The van der Waals surface area contributed by atoms with Crippen molar-refractivity contribution in [1.82, 2.24) is 10.2 Å². The summed E-state index contributed by atoms with van der Waals surface area (Å²) in [6, 6.07) is 0. The summed E-state index contributed by atoms with van der Waals surface area (Å²) in [6.45, 7) is 8.39. The highest BCUT2D eigenvalue weighted by atomic mass is 16.3. The van der Waals surface area contributed by atoms with E-state index in [9.17, 15) is 4.79 Å². The molecule has 0 aliphatic carbocycles. The monoisotopic (exact) mass is 202 g/mol. The van der Waals surface area contributed by atoms with Gasteiger partial charge in [0.1, 0.15) is 0 Å². The van der Waals surface area contributed by atoms with Gasteiger partial charge in [0.25, 0.3) is 0 Å². The van der Waals surface area contributed by atoms with Crippen LogP contribution >= 0.6 is 0 Å². The summed E-state index contributed by atoms with van der Waals surface area (Å²) >= 11 is 0. The Morgan fingerprint density at radius 3 is 2.36 bits per heavy atom. The third kappa shape index (κ3) is 6.86. The van der Waals surface area contributed by atoms with Crippen LogP contribution in [0, 0.1) is 0 Å². The van der Waals surface area contributed by atoms with Crippen molar-refractivity contribution in [2.45, 2.75) is 39.3 Å². The molecule has 1 unspecified atom stereocenters. The van der Waals surface area contributed by atoms with Gasteiger partial charge in [0, 0.05) is 19.1 Å². The van der Waals surface area contributed by atoms with Gasteiger partial charge in [-0.3, -0.25) is 4.79 Å². The molecular formula is C10H22N2O2. The Labute approximate surface area is 86.3 Å². The van der Waals surface area contributed by atoms with Crippen molar-refractivity contribution in [2.24, 2.45) is 0 Å². The first-order valence-corrected chi connectivity index (χ1v) is 4.89. The highest BCUT2D eigenvalue weighted by molar-refractivity contribution is 5.78. The van der Waals surface area contributed by atoms with Gasteiger partial charge in [-0.15, -0.1) is 0 Å². The first-order valence-electron chi connectivity index (χ1n) is 4.89. The van der Waals surface area contributed by atoms with Gasteiger partial charge in [-0.05, 0) is 27.7 Å². The molecular weight excluding hydrogens is 180 g/mol. The molecule has 84 valence electrons. The molecule has 4 heteroatoms. The minimum Gasteiger partial charge on any atom is -0.392 e. The molecule has 2 N–H and O–H groups in total. The maximum Gasteiger partial charge on any atom is 0.236 e. The number of carbonyl (C=O) groups excluding carboxylic acids is 1. The van der Waals surface area contributed by atoms with E-state index in [0.29, 0.717) is 13.1 Å². The minimum atomic E-state index is -0.474. The van der Waals surface area contributed by atoms with E-state index >= 15 is 0 Å². The zero-order valence-corrected chi connectivity index (χ0v) is 9.79. The standard InChI is InChI=1S/C10H22N2O2/c1-8(13)7-12(5)9(14)6-11-10(2,3)4/h8,11,13H,6-7H2,1-5H3. The number of hydrogen-bond acceptors (Lipinski definition) is 3. The van der Waals surface area contributed by atoms with Crippen LogP contribution in [-0.4, -0.2) is 47.7 Å². The summed E-state index contributed by atoms with van der Waals surface area (Å²) in [5, 5.41) is 12.2. The fourth-order valence-corrected chi connectivity index (χ4v) is 0.974. The lowest BCUT2D eigenvalue weighted by Crippen LogP contribution is -2.45. The third-order valence-electron chi connectivity index (χ3n) is 1.73. The molecule has 0 saturated carbocycles. The van der Waals surface area contributed by atoms with E-state index in [2.05, 4.69) is 5.32 Å². The van der Waals surface area contributed by atoms with Crippen molar-refractivity contribution in [3.8, 4) is 0 Å².